The van der Waals surface area contributed by atoms with E-state index in [2.05, 4.69) is 0 Å². The first-order valence-corrected chi connectivity index (χ1v) is 3.64. The van der Waals surface area contributed by atoms with Crippen molar-refractivity contribution in [3.05, 3.63) is 0 Å². The SMILES string of the molecule is CC(O)CCl.O=S(O)O.[NaH]. The molecule has 0 rings (SSSR count). The number of rotatable bonds is 1. The van der Waals surface area contributed by atoms with Crippen LogP contribution >= 0.6 is 11.6 Å². The maximum absolute atomic E-state index is 8.67. The van der Waals surface area contributed by atoms with Crippen LogP contribution in [0.15, 0.2) is 0 Å². The van der Waals surface area contributed by atoms with Crippen LogP contribution in [-0.4, -0.2) is 60.0 Å². The van der Waals surface area contributed by atoms with Crippen molar-refractivity contribution in [1.82, 2.24) is 0 Å². The molecule has 3 N–H and O–H groups in total. The van der Waals surface area contributed by atoms with E-state index in [1.807, 2.05) is 0 Å². The van der Waals surface area contributed by atoms with Crippen molar-refractivity contribution in [3.8, 4) is 0 Å². The summed E-state index contributed by atoms with van der Waals surface area (Å²) in [6, 6.07) is 0. The van der Waals surface area contributed by atoms with E-state index < -0.39 is 11.4 Å². The number of halogens is 1. The van der Waals surface area contributed by atoms with Gasteiger partial charge in [-0.3, -0.25) is 9.11 Å². The van der Waals surface area contributed by atoms with Crippen LogP contribution in [0.25, 0.3) is 0 Å². The molecule has 0 heterocycles. The van der Waals surface area contributed by atoms with Gasteiger partial charge in [0.2, 0.25) is 0 Å². The van der Waals surface area contributed by atoms with E-state index in [0.717, 1.165) is 0 Å². The van der Waals surface area contributed by atoms with Crippen LogP contribution in [0.4, 0.5) is 0 Å². The van der Waals surface area contributed by atoms with Crippen molar-refractivity contribution < 1.29 is 18.4 Å². The molecule has 0 fully saturated rings. The second-order valence-electron chi connectivity index (χ2n) is 1.23. The normalized spacial score (nSPS) is 11.0. The van der Waals surface area contributed by atoms with Gasteiger partial charge < -0.3 is 5.11 Å². The zero-order valence-electron chi connectivity index (χ0n) is 4.82. The van der Waals surface area contributed by atoms with Gasteiger partial charge in [-0.2, -0.15) is 4.21 Å². The third-order valence-electron chi connectivity index (χ3n) is 0.223. The topological polar surface area (TPSA) is 77.8 Å². The molecule has 0 spiro atoms. The Labute approximate surface area is 89.4 Å². The van der Waals surface area contributed by atoms with E-state index >= 15 is 0 Å². The van der Waals surface area contributed by atoms with E-state index in [9.17, 15) is 0 Å². The van der Waals surface area contributed by atoms with E-state index in [1.54, 1.807) is 6.92 Å². The molecular weight excluding hydrogens is 191 g/mol. The van der Waals surface area contributed by atoms with Gasteiger partial charge in [-0.15, -0.1) is 11.6 Å². The molecule has 0 aromatic carbocycles. The summed E-state index contributed by atoms with van der Waals surface area (Å²) in [7, 11) is 0. The monoisotopic (exact) mass is 200 g/mol. The third kappa shape index (κ3) is 58.5. The number of aliphatic hydroxyl groups is 1. The molecule has 0 bridgehead atoms. The fourth-order valence-electron chi connectivity index (χ4n) is 0. The third-order valence-corrected chi connectivity index (χ3v) is 0.670. The Balaban J connectivity index is -0.0000000910. The fraction of sp³-hybridized carbons (Fsp3) is 1.00. The molecule has 0 aliphatic rings. The average Bonchev–Trinajstić information content (AvgIpc) is 1.65. The minimum atomic E-state index is -2.61. The summed E-state index contributed by atoms with van der Waals surface area (Å²) in [4.78, 5) is 0. The van der Waals surface area contributed by atoms with Crippen molar-refractivity contribution in [1.29, 1.82) is 0 Å². The van der Waals surface area contributed by atoms with Crippen LogP contribution in [0, 0.1) is 0 Å². The molecule has 1 atom stereocenters. The number of alkyl halides is 1. The summed E-state index contributed by atoms with van der Waals surface area (Å²) in [5.41, 5.74) is 0. The predicted molar refractivity (Wildman–Crippen MR) is 42.9 cm³/mol. The van der Waals surface area contributed by atoms with E-state index in [1.165, 1.54) is 0 Å². The first-order chi connectivity index (χ1) is 4.00. The van der Waals surface area contributed by atoms with Crippen LogP contribution in [0.2, 0.25) is 0 Å². The molecule has 0 radical (unpaired) electrons. The Morgan fingerprint density at radius 3 is 1.70 bits per heavy atom. The first-order valence-electron chi connectivity index (χ1n) is 2.04. The van der Waals surface area contributed by atoms with Crippen LogP contribution < -0.4 is 0 Å². The maximum atomic E-state index is 8.67. The molecule has 0 saturated heterocycles. The van der Waals surface area contributed by atoms with Crippen LogP contribution in [0.1, 0.15) is 6.92 Å². The zero-order valence-corrected chi connectivity index (χ0v) is 6.39. The fourth-order valence-corrected chi connectivity index (χ4v) is 0. The molecule has 0 aromatic rings. The van der Waals surface area contributed by atoms with Gasteiger partial charge in [0.05, 0.1) is 6.10 Å². The summed E-state index contributed by atoms with van der Waals surface area (Å²) < 4.78 is 22.8. The van der Waals surface area contributed by atoms with E-state index in [4.69, 9.17) is 30.0 Å². The number of hydrogen-bond donors (Lipinski definition) is 3. The summed E-state index contributed by atoms with van der Waals surface area (Å²) in [5.74, 6) is 0.333. The van der Waals surface area contributed by atoms with Crippen molar-refractivity contribution in [3.63, 3.8) is 0 Å². The van der Waals surface area contributed by atoms with Crippen molar-refractivity contribution in [2.75, 3.05) is 5.88 Å². The summed E-state index contributed by atoms with van der Waals surface area (Å²) in [6.45, 7) is 1.65. The Morgan fingerprint density at radius 1 is 1.60 bits per heavy atom. The van der Waals surface area contributed by atoms with Crippen molar-refractivity contribution >= 4 is 52.5 Å². The molecule has 60 valence electrons. The van der Waals surface area contributed by atoms with Crippen molar-refractivity contribution in [2.45, 2.75) is 13.0 Å². The molecule has 0 aromatic heterocycles. The van der Waals surface area contributed by atoms with E-state index in [0.29, 0.717) is 5.88 Å². The Hall–Kier alpha value is 1.32. The molecule has 0 saturated carbocycles. The molecule has 1 unspecified atom stereocenters. The Kier molecular flexibility index (Phi) is 22.6. The Bertz CT molecular complexity index is 76.9. The van der Waals surface area contributed by atoms with Crippen molar-refractivity contribution in [2.24, 2.45) is 0 Å². The summed E-state index contributed by atoms with van der Waals surface area (Å²) >= 11 is 2.48. The van der Waals surface area contributed by atoms with Crippen LogP contribution in [0.3, 0.4) is 0 Å². The standard InChI is InChI=1S/C3H7ClO.Na.H2O3S.H/c1-3(5)2-4;;1-4(2)3;/h3,5H,2H2,1H3;;(H2,1,2,3);. The molecule has 0 aliphatic carbocycles. The first kappa shape index (κ1) is 17.4. The van der Waals surface area contributed by atoms with Crippen LogP contribution in [0.5, 0.6) is 0 Å². The molecule has 0 aliphatic heterocycles. The average molecular weight is 201 g/mol. The van der Waals surface area contributed by atoms with Crippen LogP contribution in [-0.2, 0) is 11.4 Å². The second-order valence-corrected chi connectivity index (χ2v) is 2.00. The second kappa shape index (κ2) is 12.9. The van der Waals surface area contributed by atoms with Gasteiger partial charge in [-0.05, 0) is 6.92 Å². The molecule has 0 amide bonds. The van der Waals surface area contributed by atoms with Gasteiger partial charge >= 0.3 is 29.6 Å². The Morgan fingerprint density at radius 2 is 1.70 bits per heavy atom. The molecular formula is C3H10ClNaO4S. The number of aliphatic hydroxyl groups excluding tert-OH is 1. The summed E-state index contributed by atoms with van der Waals surface area (Å²) in [5, 5.41) is 8.23. The molecule has 7 heteroatoms. The van der Waals surface area contributed by atoms with Gasteiger partial charge in [0.15, 0.2) is 0 Å². The summed E-state index contributed by atoms with van der Waals surface area (Å²) in [6.07, 6.45) is -0.350. The quantitative estimate of drug-likeness (QED) is 0.307. The van der Waals surface area contributed by atoms with E-state index in [-0.39, 0.29) is 35.7 Å². The predicted octanol–water partition coefficient (Wildman–Crippen LogP) is -0.361. The van der Waals surface area contributed by atoms with Gasteiger partial charge in [-0.1, -0.05) is 0 Å². The van der Waals surface area contributed by atoms with Gasteiger partial charge in [-0.25, -0.2) is 0 Å². The van der Waals surface area contributed by atoms with Gasteiger partial charge in [0.25, 0.3) is 11.4 Å². The molecule has 4 nitrogen and oxygen atoms in total. The van der Waals surface area contributed by atoms with Gasteiger partial charge in [0.1, 0.15) is 0 Å². The molecule has 10 heavy (non-hydrogen) atoms. The minimum absolute atomic E-state index is 0. The zero-order chi connectivity index (χ0) is 7.86. The number of hydrogen-bond acceptors (Lipinski definition) is 2. The van der Waals surface area contributed by atoms with Gasteiger partial charge in [0, 0.05) is 5.88 Å².